The van der Waals surface area contributed by atoms with Gasteiger partial charge in [-0.3, -0.25) is 14.5 Å². The van der Waals surface area contributed by atoms with Crippen molar-refractivity contribution >= 4 is 34.3 Å². The average Bonchev–Trinajstić information content (AvgIpc) is 3.29. The number of carbonyl (C=O) groups is 2. The summed E-state index contributed by atoms with van der Waals surface area (Å²) in [5, 5.41) is 22.0. The van der Waals surface area contributed by atoms with E-state index in [1.54, 1.807) is 40.9 Å². The second kappa shape index (κ2) is 10.5. The van der Waals surface area contributed by atoms with Crippen LogP contribution in [0.1, 0.15) is 46.1 Å². The number of aliphatic hydroxyl groups excluding tert-OH is 2. The van der Waals surface area contributed by atoms with E-state index in [0.717, 1.165) is 27.7 Å². The number of amides is 2. The number of hydrogen-bond donors (Lipinski definition) is 3. The van der Waals surface area contributed by atoms with E-state index >= 15 is 0 Å². The number of aromatic nitrogens is 1. The number of nitrogens with one attached hydrogen (secondary N) is 1. The zero-order valence-electron chi connectivity index (χ0n) is 21.1. The molecule has 196 valence electrons. The highest BCUT2D eigenvalue weighted by Gasteiger charge is 2.43. The molecule has 0 bridgehead atoms. The summed E-state index contributed by atoms with van der Waals surface area (Å²) in [7, 11) is 3.57. The first-order valence-electron chi connectivity index (χ1n) is 12.7. The van der Waals surface area contributed by atoms with Crippen molar-refractivity contribution < 1.29 is 19.8 Å². The molecule has 9 heteroatoms. The molecule has 0 spiro atoms. The first kappa shape index (κ1) is 25.7. The van der Waals surface area contributed by atoms with Crippen LogP contribution in [-0.2, 0) is 11.2 Å². The molecule has 2 amide bonds. The molecule has 1 saturated heterocycles. The molecule has 3 heterocycles. The molecule has 1 unspecified atom stereocenters. The van der Waals surface area contributed by atoms with Gasteiger partial charge in [0, 0.05) is 35.2 Å². The number of halogens is 1. The van der Waals surface area contributed by atoms with Crippen molar-refractivity contribution in [2.24, 2.45) is 0 Å². The van der Waals surface area contributed by atoms with E-state index in [1.165, 1.54) is 0 Å². The number of piperidine rings is 1. The molecule has 1 fully saturated rings. The first-order chi connectivity index (χ1) is 17.8. The van der Waals surface area contributed by atoms with E-state index in [9.17, 15) is 19.8 Å². The van der Waals surface area contributed by atoms with Crippen molar-refractivity contribution in [3.8, 4) is 0 Å². The van der Waals surface area contributed by atoms with Gasteiger partial charge in [0.1, 0.15) is 12.1 Å². The molecule has 8 nitrogen and oxygen atoms in total. The second-order valence-corrected chi connectivity index (χ2v) is 10.5. The van der Waals surface area contributed by atoms with Crippen LogP contribution in [-0.4, -0.2) is 93.1 Å². The average molecular weight is 525 g/mol. The molecule has 0 aliphatic carbocycles. The summed E-state index contributed by atoms with van der Waals surface area (Å²) in [5.74, 6) is -0.544. The lowest BCUT2D eigenvalue weighted by Crippen LogP contribution is -2.56. The molecular formula is C28H33ClN4O4. The summed E-state index contributed by atoms with van der Waals surface area (Å²) in [4.78, 5) is 35.0. The fraction of sp³-hybridized carbons (Fsp3) is 0.429. The zero-order valence-corrected chi connectivity index (χ0v) is 21.9. The number of likely N-dealkylation sites (N-methyl/N-ethyl adjacent to an activating group) is 1. The zero-order chi connectivity index (χ0) is 26.3. The summed E-state index contributed by atoms with van der Waals surface area (Å²) in [5.41, 5.74) is 4.32. The highest BCUT2D eigenvalue weighted by atomic mass is 35.5. The number of aliphatic hydroxyl groups is 2. The third-order valence-electron chi connectivity index (χ3n) is 7.67. The number of nitrogens with zero attached hydrogens (tertiary/aromatic N) is 3. The van der Waals surface area contributed by atoms with E-state index in [4.69, 9.17) is 11.6 Å². The Hall–Kier alpha value is -2.91. The number of fused-ring (bicyclic) bond motifs is 3. The Balaban J connectivity index is 1.57. The smallest absolute Gasteiger partial charge is 0.253 e. The molecule has 1 aromatic heterocycles. The molecule has 5 rings (SSSR count). The van der Waals surface area contributed by atoms with Gasteiger partial charge in [-0.05, 0) is 62.7 Å². The Labute approximate surface area is 221 Å². The van der Waals surface area contributed by atoms with Crippen molar-refractivity contribution in [1.29, 1.82) is 0 Å². The third kappa shape index (κ3) is 4.75. The number of likely N-dealkylation sites (tertiary alicyclic amines) is 1. The largest absolute Gasteiger partial charge is 0.393 e. The normalized spacial score (nSPS) is 21.4. The van der Waals surface area contributed by atoms with Gasteiger partial charge in [0.15, 0.2) is 0 Å². The van der Waals surface area contributed by atoms with Crippen molar-refractivity contribution in [1.82, 2.24) is 19.7 Å². The third-order valence-corrected chi connectivity index (χ3v) is 7.90. The summed E-state index contributed by atoms with van der Waals surface area (Å²) in [6.45, 7) is 1.07. The van der Waals surface area contributed by atoms with Crippen LogP contribution in [0.3, 0.4) is 0 Å². The predicted octanol–water partition coefficient (Wildman–Crippen LogP) is 2.73. The maximum Gasteiger partial charge on any atom is 0.253 e. The molecule has 37 heavy (non-hydrogen) atoms. The van der Waals surface area contributed by atoms with E-state index in [-0.39, 0.29) is 23.8 Å². The topological polar surface area (TPSA) is 100 Å². The molecule has 3 N–H and O–H groups in total. The lowest BCUT2D eigenvalue weighted by Gasteiger charge is -2.45. The van der Waals surface area contributed by atoms with Gasteiger partial charge in [0.25, 0.3) is 5.91 Å². The summed E-state index contributed by atoms with van der Waals surface area (Å²) >= 11 is 6.09. The van der Waals surface area contributed by atoms with Crippen molar-refractivity contribution in [2.45, 2.75) is 43.7 Å². The van der Waals surface area contributed by atoms with E-state index in [2.05, 4.69) is 11.1 Å². The molecule has 2 aliphatic heterocycles. The summed E-state index contributed by atoms with van der Waals surface area (Å²) in [6, 6.07) is 14.3. The quantitative estimate of drug-likeness (QED) is 0.352. The fourth-order valence-electron chi connectivity index (χ4n) is 5.69. The second-order valence-electron chi connectivity index (χ2n) is 10.2. The van der Waals surface area contributed by atoms with Gasteiger partial charge in [-0.1, -0.05) is 30.3 Å². The van der Waals surface area contributed by atoms with Gasteiger partial charge < -0.3 is 25.0 Å². The SMILES string of the molecule is CN(C)C(O)[C@H]1Cc2c([nH]c3ccccc23)[C@H](c2ccc(C(=O)N3CCC(O)CC3)cc2)N1C(=O)CCl. The predicted molar refractivity (Wildman–Crippen MR) is 142 cm³/mol. The molecular weight excluding hydrogens is 492 g/mol. The Morgan fingerprint density at radius 3 is 2.43 bits per heavy atom. The fourth-order valence-corrected chi connectivity index (χ4v) is 5.83. The van der Waals surface area contributed by atoms with Gasteiger partial charge in [0.2, 0.25) is 5.91 Å². The lowest BCUT2D eigenvalue weighted by atomic mass is 9.86. The van der Waals surface area contributed by atoms with Crippen molar-refractivity contribution in [3.05, 3.63) is 70.9 Å². The minimum atomic E-state index is -0.896. The number of para-hydroxylation sites is 1. The van der Waals surface area contributed by atoms with Crippen LogP contribution in [0, 0.1) is 0 Å². The monoisotopic (exact) mass is 524 g/mol. The molecule has 0 saturated carbocycles. The molecule has 3 aromatic rings. The standard InChI is InChI=1S/C28H33ClN4O4/c1-31(2)28(37)23-15-21-20-5-3-4-6-22(20)30-25(21)26(33(23)24(35)16-29)17-7-9-18(10-8-17)27(36)32-13-11-19(34)12-14-32/h3-10,19,23,26,28,30,34,37H,11-16H2,1-2H3/t23-,26+,28?/m1/s1. The van der Waals surface area contributed by atoms with E-state index in [1.807, 2.05) is 30.3 Å². The number of rotatable bonds is 5. The minimum Gasteiger partial charge on any atom is -0.393 e. The minimum absolute atomic E-state index is 0.0667. The molecule has 2 aliphatic rings. The lowest BCUT2D eigenvalue weighted by molar-refractivity contribution is -0.140. The number of hydrogen-bond acceptors (Lipinski definition) is 5. The van der Waals surface area contributed by atoms with Crippen molar-refractivity contribution in [2.75, 3.05) is 33.1 Å². The van der Waals surface area contributed by atoms with Crippen LogP contribution in [0.2, 0.25) is 0 Å². The number of alkyl halides is 1. The summed E-state index contributed by atoms with van der Waals surface area (Å²) in [6.07, 6.45) is 0.404. The number of aromatic amines is 1. The van der Waals surface area contributed by atoms with Crippen LogP contribution in [0.5, 0.6) is 0 Å². The Morgan fingerprint density at radius 1 is 1.11 bits per heavy atom. The highest BCUT2D eigenvalue weighted by molar-refractivity contribution is 6.27. The van der Waals surface area contributed by atoms with Crippen LogP contribution in [0.25, 0.3) is 10.9 Å². The molecule has 2 aromatic carbocycles. The van der Waals surface area contributed by atoms with E-state index < -0.39 is 18.3 Å². The van der Waals surface area contributed by atoms with Crippen molar-refractivity contribution in [3.63, 3.8) is 0 Å². The Bertz CT molecular complexity index is 1280. The van der Waals surface area contributed by atoms with Gasteiger partial charge in [-0.15, -0.1) is 11.6 Å². The van der Waals surface area contributed by atoms with Crippen LogP contribution in [0.4, 0.5) is 0 Å². The maximum absolute atomic E-state index is 13.3. The highest BCUT2D eigenvalue weighted by Crippen LogP contribution is 2.42. The summed E-state index contributed by atoms with van der Waals surface area (Å²) < 4.78 is 0. The van der Waals surface area contributed by atoms with Crippen LogP contribution >= 0.6 is 11.6 Å². The van der Waals surface area contributed by atoms with Gasteiger partial charge in [-0.2, -0.15) is 0 Å². The number of benzene rings is 2. The Morgan fingerprint density at radius 2 is 1.78 bits per heavy atom. The Kier molecular flexibility index (Phi) is 7.27. The van der Waals surface area contributed by atoms with E-state index in [0.29, 0.717) is 37.9 Å². The maximum atomic E-state index is 13.3. The van der Waals surface area contributed by atoms with Gasteiger partial charge in [0.05, 0.1) is 18.2 Å². The van der Waals surface area contributed by atoms with Gasteiger partial charge in [-0.25, -0.2) is 0 Å². The number of H-pyrrole nitrogens is 1. The van der Waals surface area contributed by atoms with Crippen LogP contribution in [0.15, 0.2) is 48.5 Å². The molecule has 0 radical (unpaired) electrons. The number of carbonyl (C=O) groups excluding carboxylic acids is 2. The van der Waals surface area contributed by atoms with Crippen LogP contribution < -0.4 is 0 Å². The molecule has 3 atom stereocenters. The van der Waals surface area contributed by atoms with Gasteiger partial charge >= 0.3 is 0 Å². The first-order valence-corrected chi connectivity index (χ1v) is 13.2.